The molecule has 0 atom stereocenters. The van der Waals surface area contributed by atoms with Crippen LogP contribution in [0.1, 0.15) is 5.56 Å². The summed E-state index contributed by atoms with van der Waals surface area (Å²) in [5.74, 6) is 0. The van der Waals surface area contributed by atoms with Crippen molar-refractivity contribution in [2.45, 2.75) is 6.92 Å². The Morgan fingerprint density at radius 1 is 0.625 bits per heavy atom. The van der Waals surface area contributed by atoms with Gasteiger partial charge in [0.15, 0.2) is 0 Å². The van der Waals surface area contributed by atoms with Crippen LogP contribution in [0.5, 0.6) is 0 Å². The molecule has 0 aliphatic carbocycles. The number of benzene rings is 3. The van der Waals surface area contributed by atoms with Crippen LogP contribution in [-0.4, -0.2) is 9.97 Å². The monoisotopic (exact) mass is 591 g/mol. The summed E-state index contributed by atoms with van der Waals surface area (Å²) >= 11 is 0. The van der Waals surface area contributed by atoms with Crippen LogP contribution >= 0.6 is 0 Å². The Morgan fingerprint density at radius 2 is 1.25 bits per heavy atom. The Hall–Kier alpha value is -3.39. The molecule has 0 aliphatic rings. The molecule has 0 N–H and O–H groups in total. The van der Waals surface area contributed by atoms with E-state index in [0.717, 1.165) is 22.5 Å². The normalized spacial score (nSPS) is 9.78. The molecule has 3 aromatic carbocycles. The van der Waals surface area contributed by atoms with E-state index in [9.17, 15) is 0 Å². The first kappa shape index (κ1) is 23.3. The topological polar surface area (TPSA) is 25.8 Å². The first-order valence-electron chi connectivity index (χ1n) is 10.2. The van der Waals surface area contributed by atoms with Crippen LogP contribution in [0.15, 0.2) is 116 Å². The molecule has 3 heteroatoms. The molecule has 159 valence electrons. The molecule has 5 aromatic rings. The minimum atomic E-state index is 0. The molecule has 0 fully saturated rings. The SMILES string of the molecule is Cc1cc(-c2ccccn2)[c-]cc1-c1ccccc1.[Ir].[c-]1ccccc1-c1ccccn1. The summed E-state index contributed by atoms with van der Waals surface area (Å²) in [5, 5.41) is 0. The van der Waals surface area contributed by atoms with E-state index in [1.54, 1.807) is 6.20 Å². The Labute approximate surface area is 203 Å². The molecule has 32 heavy (non-hydrogen) atoms. The van der Waals surface area contributed by atoms with Crippen molar-refractivity contribution in [2.24, 2.45) is 0 Å². The van der Waals surface area contributed by atoms with Crippen LogP contribution in [0.2, 0.25) is 0 Å². The minimum Gasteiger partial charge on any atom is -0.305 e. The maximum atomic E-state index is 4.36. The van der Waals surface area contributed by atoms with Gasteiger partial charge in [-0.25, -0.2) is 0 Å². The predicted octanol–water partition coefficient (Wildman–Crippen LogP) is 7.07. The van der Waals surface area contributed by atoms with Gasteiger partial charge in [0.2, 0.25) is 0 Å². The Kier molecular flexibility index (Phi) is 8.62. The third-order valence-corrected chi connectivity index (χ3v) is 4.83. The fourth-order valence-electron chi connectivity index (χ4n) is 3.27. The van der Waals surface area contributed by atoms with Crippen LogP contribution in [0.4, 0.5) is 0 Å². The number of pyridine rings is 2. The van der Waals surface area contributed by atoms with Gasteiger partial charge in [0, 0.05) is 32.5 Å². The molecular formula is C29H22IrN2-2. The molecule has 0 spiro atoms. The molecule has 0 bridgehead atoms. The standard InChI is InChI=1S/C18H14N.C11H8N.Ir/c1-14-13-16(18-9-5-6-12-19-18)10-11-17(14)15-7-3-2-4-8-15;1-2-6-10(7-3-1)11-8-4-5-9-12-11;/h2-9,11-13H,1H3;1-6,8-9H;/q2*-1;. The van der Waals surface area contributed by atoms with Gasteiger partial charge in [-0.05, 0) is 23.5 Å². The molecule has 0 unspecified atom stereocenters. The second-order valence-electron chi connectivity index (χ2n) is 7.02. The van der Waals surface area contributed by atoms with Gasteiger partial charge in [0.05, 0.1) is 0 Å². The molecular weight excluding hydrogens is 569 g/mol. The Balaban J connectivity index is 0.000000193. The van der Waals surface area contributed by atoms with Crippen molar-refractivity contribution in [2.75, 3.05) is 0 Å². The van der Waals surface area contributed by atoms with Crippen molar-refractivity contribution in [3.8, 4) is 33.6 Å². The predicted molar refractivity (Wildman–Crippen MR) is 127 cm³/mol. The molecule has 0 amide bonds. The van der Waals surface area contributed by atoms with Gasteiger partial charge >= 0.3 is 0 Å². The molecule has 0 saturated carbocycles. The van der Waals surface area contributed by atoms with E-state index >= 15 is 0 Å². The fraction of sp³-hybridized carbons (Fsp3) is 0.0345. The largest absolute Gasteiger partial charge is 0.305 e. The third kappa shape index (κ3) is 6.07. The maximum Gasteiger partial charge on any atom is 0.0160 e. The number of aromatic nitrogens is 2. The van der Waals surface area contributed by atoms with E-state index in [1.165, 1.54) is 16.7 Å². The second kappa shape index (κ2) is 11.9. The van der Waals surface area contributed by atoms with Gasteiger partial charge in [0.25, 0.3) is 0 Å². The summed E-state index contributed by atoms with van der Waals surface area (Å²) in [7, 11) is 0. The molecule has 0 aliphatic heterocycles. The summed E-state index contributed by atoms with van der Waals surface area (Å²) < 4.78 is 0. The van der Waals surface area contributed by atoms with E-state index < -0.39 is 0 Å². The van der Waals surface area contributed by atoms with Gasteiger partial charge in [-0.2, -0.15) is 0 Å². The maximum absolute atomic E-state index is 4.36. The third-order valence-electron chi connectivity index (χ3n) is 4.83. The average Bonchev–Trinajstić information content (AvgIpc) is 2.86. The van der Waals surface area contributed by atoms with Crippen molar-refractivity contribution < 1.29 is 20.1 Å². The first-order valence-corrected chi connectivity index (χ1v) is 10.2. The second-order valence-corrected chi connectivity index (χ2v) is 7.02. The fourth-order valence-corrected chi connectivity index (χ4v) is 3.27. The zero-order chi connectivity index (χ0) is 21.3. The van der Waals surface area contributed by atoms with E-state index in [0.29, 0.717) is 0 Å². The van der Waals surface area contributed by atoms with Crippen LogP contribution in [-0.2, 0) is 20.1 Å². The van der Waals surface area contributed by atoms with Crippen molar-refractivity contribution in [3.05, 3.63) is 133 Å². The summed E-state index contributed by atoms with van der Waals surface area (Å²) in [6, 6.07) is 40.7. The van der Waals surface area contributed by atoms with Gasteiger partial charge in [-0.1, -0.05) is 72.6 Å². The first-order chi connectivity index (χ1) is 15.3. The smallest absolute Gasteiger partial charge is 0.0160 e. The molecule has 5 rings (SSSR count). The van der Waals surface area contributed by atoms with E-state index in [4.69, 9.17) is 0 Å². The van der Waals surface area contributed by atoms with Crippen molar-refractivity contribution in [1.29, 1.82) is 0 Å². The van der Waals surface area contributed by atoms with Gasteiger partial charge in [0.1, 0.15) is 0 Å². The van der Waals surface area contributed by atoms with E-state index in [2.05, 4.69) is 65.4 Å². The molecule has 2 heterocycles. The van der Waals surface area contributed by atoms with Gasteiger partial charge in [-0.3, -0.25) is 0 Å². The number of rotatable bonds is 3. The zero-order valence-electron chi connectivity index (χ0n) is 17.7. The van der Waals surface area contributed by atoms with Crippen LogP contribution in [0.25, 0.3) is 33.6 Å². The number of hydrogen-bond donors (Lipinski definition) is 0. The van der Waals surface area contributed by atoms with Gasteiger partial charge in [-0.15, -0.1) is 65.2 Å². The summed E-state index contributed by atoms with van der Waals surface area (Å²) in [4.78, 5) is 8.58. The molecule has 1 radical (unpaired) electrons. The summed E-state index contributed by atoms with van der Waals surface area (Å²) in [6.07, 6.45) is 3.60. The quantitative estimate of drug-likeness (QED) is 0.210. The molecule has 2 nitrogen and oxygen atoms in total. The minimum absolute atomic E-state index is 0. The Morgan fingerprint density at radius 3 is 1.81 bits per heavy atom. The van der Waals surface area contributed by atoms with E-state index in [1.807, 2.05) is 72.9 Å². The number of aryl methyl sites for hydroxylation is 1. The average molecular weight is 591 g/mol. The summed E-state index contributed by atoms with van der Waals surface area (Å²) in [5.41, 5.74) is 7.70. The van der Waals surface area contributed by atoms with Crippen molar-refractivity contribution >= 4 is 0 Å². The van der Waals surface area contributed by atoms with Crippen LogP contribution in [0, 0.1) is 19.1 Å². The van der Waals surface area contributed by atoms with Crippen LogP contribution < -0.4 is 0 Å². The Bertz CT molecular complexity index is 1170. The zero-order valence-corrected chi connectivity index (χ0v) is 20.1. The number of nitrogens with zero attached hydrogens (tertiary/aromatic N) is 2. The van der Waals surface area contributed by atoms with Crippen LogP contribution in [0.3, 0.4) is 0 Å². The summed E-state index contributed by atoms with van der Waals surface area (Å²) in [6.45, 7) is 2.13. The number of hydrogen-bond acceptors (Lipinski definition) is 2. The van der Waals surface area contributed by atoms with Gasteiger partial charge < -0.3 is 9.97 Å². The van der Waals surface area contributed by atoms with Crippen molar-refractivity contribution in [3.63, 3.8) is 0 Å². The molecule has 2 aromatic heterocycles. The molecule has 0 saturated heterocycles. The van der Waals surface area contributed by atoms with Crippen molar-refractivity contribution in [1.82, 2.24) is 9.97 Å². The van der Waals surface area contributed by atoms with E-state index in [-0.39, 0.29) is 20.1 Å².